The van der Waals surface area contributed by atoms with Crippen LogP contribution in [0.2, 0.25) is 0 Å². The van der Waals surface area contributed by atoms with Gasteiger partial charge in [-0.2, -0.15) is 0 Å². The van der Waals surface area contributed by atoms with Gasteiger partial charge in [-0.3, -0.25) is 4.99 Å². The second-order valence-corrected chi connectivity index (χ2v) is 3.13. The number of allylic oxidation sites excluding steroid dienone is 2. The fourth-order valence-corrected chi connectivity index (χ4v) is 0.913. The van der Waals surface area contributed by atoms with Crippen molar-refractivity contribution in [1.82, 2.24) is 0 Å². The van der Waals surface area contributed by atoms with Crippen LogP contribution in [0.25, 0.3) is 0 Å². The first-order chi connectivity index (χ1) is 5.81. The van der Waals surface area contributed by atoms with E-state index in [1.165, 1.54) is 31.3 Å². The molecule has 72 valence electrons. The van der Waals surface area contributed by atoms with E-state index < -0.39 is 0 Å². The van der Waals surface area contributed by atoms with Crippen LogP contribution in [0.1, 0.15) is 47.9 Å². The van der Waals surface area contributed by atoms with Gasteiger partial charge in [-0.15, -0.1) is 0 Å². The van der Waals surface area contributed by atoms with Crippen LogP contribution in [0.4, 0.5) is 0 Å². The van der Waals surface area contributed by atoms with E-state index in [9.17, 15) is 0 Å². The van der Waals surface area contributed by atoms with Gasteiger partial charge in [-0.25, -0.2) is 0 Å². The molecule has 0 aliphatic heterocycles. The summed E-state index contributed by atoms with van der Waals surface area (Å²) >= 11 is 0. The SMILES string of the molecule is CC=C(C)C=NCCCCCC.[H-].[Li+]. The zero-order valence-electron chi connectivity index (χ0n) is 10.6. The number of aliphatic imine (C=N–C) groups is 1. The Morgan fingerprint density at radius 2 is 2.00 bits per heavy atom. The van der Waals surface area contributed by atoms with Crippen molar-refractivity contribution >= 4 is 6.21 Å². The maximum absolute atomic E-state index is 4.32. The van der Waals surface area contributed by atoms with Gasteiger partial charge in [0.15, 0.2) is 0 Å². The molecule has 0 radical (unpaired) electrons. The van der Waals surface area contributed by atoms with Gasteiger partial charge in [0.25, 0.3) is 0 Å². The maximum atomic E-state index is 4.32. The molecule has 0 saturated carbocycles. The van der Waals surface area contributed by atoms with Crippen LogP contribution < -0.4 is 18.9 Å². The Kier molecular flexibility index (Phi) is 14.3. The molecule has 13 heavy (non-hydrogen) atoms. The Hall–Kier alpha value is 0.00740. The summed E-state index contributed by atoms with van der Waals surface area (Å²) in [6.45, 7) is 7.34. The minimum Gasteiger partial charge on any atom is -1.00 e. The van der Waals surface area contributed by atoms with E-state index in [2.05, 4.69) is 24.9 Å². The Bertz CT molecular complexity index is 155. The van der Waals surface area contributed by atoms with Crippen molar-refractivity contribution in [2.24, 2.45) is 4.99 Å². The zero-order chi connectivity index (χ0) is 9.23. The van der Waals surface area contributed by atoms with Crippen LogP contribution >= 0.6 is 0 Å². The molecular weight excluding hydrogens is 153 g/mol. The first-order valence-corrected chi connectivity index (χ1v) is 4.94. The summed E-state index contributed by atoms with van der Waals surface area (Å²) in [6, 6.07) is 0. The standard InChI is InChI=1S/C11H21N.Li.H/c1-4-6-7-8-9-12-10-11(3)5-2;;/h5,10H,4,6-9H2,1-3H3;;/q;+1;-1. The third kappa shape index (κ3) is 12.0. The average molecular weight is 175 g/mol. The molecule has 0 aromatic heterocycles. The summed E-state index contributed by atoms with van der Waals surface area (Å²) in [5, 5.41) is 0. The van der Waals surface area contributed by atoms with Crippen molar-refractivity contribution in [3.8, 4) is 0 Å². The van der Waals surface area contributed by atoms with E-state index in [1.807, 2.05) is 13.1 Å². The molecule has 1 nitrogen and oxygen atoms in total. The predicted octanol–water partition coefficient (Wildman–Crippen LogP) is 0.720. The van der Waals surface area contributed by atoms with E-state index in [0.717, 1.165) is 6.54 Å². The second-order valence-electron chi connectivity index (χ2n) is 3.13. The average Bonchev–Trinajstić information content (AvgIpc) is 2.10. The largest absolute Gasteiger partial charge is 1.00 e. The predicted molar refractivity (Wildman–Crippen MR) is 58.0 cm³/mol. The van der Waals surface area contributed by atoms with Crippen LogP contribution in [0.3, 0.4) is 0 Å². The molecule has 0 rings (SSSR count). The smallest absolute Gasteiger partial charge is 1.00 e. The summed E-state index contributed by atoms with van der Waals surface area (Å²) in [4.78, 5) is 4.32. The Morgan fingerprint density at radius 3 is 2.54 bits per heavy atom. The van der Waals surface area contributed by atoms with Crippen molar-refractivity contribution in [1.29, 1.82) is 0 Å². The molecule has 0 fully saturated rings. The summed E-state index contributed by atoms with van der Waals surface area (Å²) in [5.41, 5.74) is 1.26. The Morgan fingerprint density at radius 1 is 1.31 bits per heavy atom. The Labute approximate surface area is 96.4 Å². The first kappa shape index (κ1) is 15.5. The van der Waals surface area contributed by atoms with E-state index in [-0.39, 0.29) is 20.3 Å². The van der Waals surface area contributed by atoms with Crippen LogP contribution in [0.15, 0.2) is 16.6 Å². The number of hydrogen-bond acceptors (Lipinski definition) is 1. The molecule has 0 heterocycles. The van der Waals surface area contributed by atoms with Crippen LogP contribution in [-0.2, 0) is 0 Å². The monoisotopic (exact) mass is 175 g/mol. The van der Waals surface area contributed by atoms with Gasteiger partial charge in [-0.05, 0) is 25.8 Å². The maximum Gasteiger partial charge on any atom is 1.00 e. The van der Waals surface area contributed by atoms with Gasteiger partial charge in [0.05, 0.1) is 0 Å². The molecule has 0 aliphatic rings. The number of rotatable bonds is 6. The summed E-state index contributed by atoms with van der Waals surface area (Å²) in [7, 11) is 0. The van der Waals surface area contributed by atoms with Gasteiger partial charge in [-0.1, -0.05) is 32.3 Å². The van der Waals surface area contributed by atoms with E-state index in [1.54, 1.807) is 0 Å². The third-order valence-corrected chi connectivity index (χ3v) is 1.89. The fraction of sp³-hybridized carbons (Fsp3) is 0.727. The van der Waals surface area contributed by atoms with Gasteiger partial charge < -0.3 is 1.43 Å². The van der Waals surface area contributed by atoms with Crippen molar-refractivity contribution < 1.29 is 20.3 Å². The van der Waals surface area contributed by atoms with Crippen molar-refractivity contribution in [2.75, 3.05) is 6.54 Å². The molecule has 0 atom stereocenters. The molecule has 0 aromatic rings. The van der Waals surface area contributed by atoms with E-state index in [0.29, 0.717) is 0 Å². The van der Waals surface area contributed by atoms with E-state index in [4.69, 9.17) is 0 Å². The van der Waals surface area contributed by atoms with Gasteiger partial charge in [0.1, 0.15) is 0 Å². The van der Waals surface area contributed by atoms with Crippen LogP contribution in [0, 0.1) is 0 Å². The summed E-state index contributed by atoms with van der Waals surface area (Å²) in [6.07, 6.45) is 9.25. The minimum absolute atomic E-state index is 0. The van der Waals surface area contributed by atoms with Gasteiger partial charge in [0.2, 0.25) is 0 Å². The molecule has 0 spiro atoms. The normalized spacial score (nSPS) is 11.8. The molecule has 0 amide bonds. The molecule has 0 saturated heterocycles. The number of unbranched alkanes of at least 4 members (excludes halogenated alkanes) is 3. The minimum atomic E-state index is 0. The van der Waals surface area contributed by atoms with Gasteiger partial charge in [0, 0.05) is 12.8 Å². The molecule has 0 bridgehead atoms. The molecule has 2 heteroatoms. The van der Waals surface area contributed by atoms with Crippen molar-refractivity contribution in [3.05, 3.63) is 11.6 Å². The zero-order valence-corrected chi connectivity index (χ0v) is 9.64. The van der Waals surface area contributed by atoms with Crippen molar-refractivity contribution in [2.45, 2.75) is 46.5 Å². The molecule has 0 N–H and O–H groups in total. The first-order valence-electron chi connectivity index (χ1n) is 4.94. The van der Waals surface area contributed by atoms with Crippen LogP contribution in [0.5, 0.6) is 0 Å². The van der Waals surface area contributed by atoms with Crippen molar-refractivity contribution in [3.63, 3.8) is 0 Å². The summed E-state index contributed by atoms with van der Waals surface area (Å²) in [5.74, 6) is 0. The van der Waals surface area contributed by atoms with Crippen LogP contribution in [-0.4, -0.2) is 12.8 Å². The summed E-state index contributed by atoms with van der Waals surface area (Å²) < 4.78 is 0. The number of nitrogens with zero attached hydrogens (tertiary/aromatic N) is 1. The quantitative estimate of drug-likeness (QED) is 0.320. The molecule has 0 aliphatic carbocycles. The molecule has 0 aromatic carbocycles. The van der Waals surface area contributed by atoms with E-state index >= 15 is 0 Å². The molecular formula is C11H22LiN. The fourth-order valence-electron chi connectivity index (χ4n) is 0.913. The van der Waals surface area contributed by atoms with Gasteiger partial charge >= 0.3 is 18.9 Å². The topological polar surface area (TPSA) is 12.4 Å². The third-order valence-electron chi connectivity index (χ3n) is 1.89. The second kappa shape index (κ2) is 12.0. The Balaban J connectivity index is -0.000000605. The number of hydrogen-bond donors (Lipinski definition) is 0. The molecule has 0 unspecified atom stereocenters.